The molecule has 1 N–H and O–H groups in total. The molecule has 1 aromatic rings. The van der Waals surface area contributed by atoms with Crippen LogP contribution >= 0.6 is 0 Å². The summed E-state index contributed by atoms with van der Waals surface area (Å²) in [4.78, 5) is 0. The molecular formula is C17H22FN. The van der Waals surface area contributed by atoms with E-state index in [0.29, 0.717) is 12.0 Å². The Morgan fingerprint density at radius 2 is 1.89 bits per heavy atom. The molecule has 0 radical (unpaired) electrons. The fourth-order valence-corrected chi connectivity index (χ4v) is 3.17. The molecule has 0 aromatic heterocycles. The van der Waals surface area contributed by atoms with Gasteiger partial charge in [0, 0.05) is 6.04 Å². The van der Waals surface area contributed by atoms with E-state index < -0.39 is 0 Å². The largest absolute Gasteiger partial charge is 0.314 e. The van der Waals surface area contributed by atoms with E-state index in [2.05, 4.69) is 17.5 Å². The standard InChI is InChI=1S/C17H22FN/c18-16-8-6-14(7-9-16)15-10-17(11-15)19-12-13-4-2-1-3-5-13/h1-2,6-9,13,15,17,19H,3-5,10-12H2. The topological polar surface area (TPSA) is 12.0 Å². The molecule has 1 nitrogen and oxygen atoms in total. The molecule has 1 unspecified atom stereocenters. The lowest BCUT2D eigenvalue weighted by atomic mass is 9.75. The van der Waals surface area contributed by atoms with Crippen LogP contribution in [0.2, 0.25) is 0 Å². The Bertz CT molecular complexity index is 431. The minimum absolute atomic E-state index is 0.136. The highest BCUT2D eigenvalue weighted by atomic mass is 19.1. The molecule has 1 saturated carbocycles. The number of hydrogen-bond acceptors (Lipinski definition) is 1. The van der Waals surface area contributed by atoms with Gasteiger partial charge in [-0.3, -0.25) is 0 Å². The van der Waals surface area contributed by atoms with Gasteiger partial charge >= 0.3 is 0 Å². The first-order valence-electron chi connectivity index (χ1n) is 7.45. The van der Waals surface area contributed by atoms with Crippen LogP contribution in [0.5, 0.6) is 0 Å². The Kier molecular flexibility index (Phi) is 3.97. The number of rotatable bonds is 4. The molecule has 19 heavy (non-hydrogen) atoms. The van der Waals surface area contributed by atoms with E-state index in [9.17, 15) is 4.39 Å². The molecule has 3 rings (SSSR count). The van der Waals surface area contributed by atoms with E-state index in [0.717, 1.165) is 12.5 Å². The zero-order valence-electron chi connectivity index (χ0n) is 11.3. The molecule has 2 aliphatic carbocycles. The third-order valence-corrected chi connectivity index (χ3v) is 4.55. The minimum atomic E-state index is -0.136. The molecule has 1 fully saturated rings. The molecule has 1 aromatic carbocycles. The highest BCUT2D eigenvalue weighted by Gasteiger charge is 2.30. The Labute approximate surface area is 114 Å². The van der Waals surface area contributed by atoms with Crippen molar-refractivity contribution in [2.24, 2.45) is 5.92 Å². The fourth-order valence-electron chi connectivity index (χ4n) is 3.17. The third-order valence-electron chi connectivity index (χ3n) is 4.55. The zero-order valence-corrected chi connectivity index (χ0v) is 11.3. The first kappa shape index (κ1) is 12.9. The van der Waals surface area contributed by atoms with Gasteiger partial charge in [-0.05, 0) is 68.2 Å². The smallest absolute Gasteiger partial charge is 0.123 e. The van der Waals surface area contributed by atoms with Crippen molar-refractivity contribution in [2.75, 3.05) is 6.54 Å². The zero-order chi connectivity index (χ0) is 13.1. The summed E-state index contributed by atoms with van der Waals surface area (Å²) in [5.74, 6) is 1.32. The summed E-state index contributed by atoms with van der Waals surface area (Å²) >= 11 is 0. The van der Waals surface area contributed by atoms with Gasteiger partial charge in [0.05, 0.1) is 0 Å². The number of hydrogen-bond donors (Lipinski definition) is 1. The van der Waals surface area contributed by atoms with Crippen molar-refractivity contribution >= 4 is 0 Å². The average molecular weight is 259 g/mol. The quantitative estimate of drug-likeness (QED) is 0.805. The maximum Gasteiger partial charge on any atom is 0.123 e. The van der Waals surface area contributed by atoms with Gasteiger partial charge in [0.1, 0.15) is 5.82 Å². The van der Waals surface area contributed by atoms with Crippen LogP contribution in [0.25, 0.3) is 0 Å². The van der Waals surface area contributed by atoms with E-state index in [1.807, 2.05) is 12.1 Å². The van der Waals surface area contributed by atoms with Crippen molar-refractivity contribution in [1.82, 2.24) is 5.32 Å². The molecule has 0 spiro atoms. The predicted molar refractivity (Wildman–Crippen MR) is 76.6 cm³/mol. The molecule has 1 atom stereocenters. The molecule has 0 heterocycles. The van der Waals surface area contributed by atoms with Crippen molar-refractivity contribution in [3.63, 3.8) is 0 Å². The fraction of sp³-hybridized carbons (Fsp3) is 0.529. The van der Waals surface area contributed by atoms with Crippen molar-refractivity contribution in [3.8, 4) is 0 Å². The van der Waals surface area contributed by atoms with Gasteiger partial charge in [0.2, 0.25) is 0 Å². The van der Waals surface area contributed by atoms with Crippen molar-refractivity contribution in [2.45, 2.75) is 44.1 Å². The molecular weight excluding hydrogens is 237 g/mol. The van der Waals surface area contributed by atoms with E-state index in [-0.39, 0.29) is 5.82 Å². The molecule has 102 valence electrons. The summed E-state index contributed by atoms with van der Waals surface area (Å²) < 4.78 is 12.9. The maximum absolute atomic E-state index is 12.9. The Morgan fingerprint density at radius 1 is 1.11 bits per heavy atom. The second kappa shape index (κ2) is 5.87. The lowest BCUT2D eigenvalue weighted by Gasteiger charge is -2.37. The summed E-state index contributed by atoms with van der Waals surface area (Å²) in [6, 6.07) is 7.68. The molecule has 0 bridgehead atoms. The molecule has 0 aliphatic heterocycles. The van der Waals surface area contributed by atoms with Gasteiger partial charge in [-0.1, -0.05) is 24.3 Å². The SMILES string of the molecule is Fc1ccc(C2CC(NCC3CC=CCC3)C2)cc1. The van der Waals surface area contributed by atoms with Crippen LogP contribution in [0.3, 0.4) is 0 Å². The molecule has 0 saturated heterocycles. The Morgan fingerprint density at radius 3 is 2.58 bits per heavy atom. The van der Waals surface area contributed by atoms with Crippen molar-refractivity contribution in [3.05, 3.63) is 47.8 Å². The second-order valence-corrected chi connectivity index (χ2v) is 5.98. The van der Waals surface area contributed by atoms with E-state index in [1.165, 1.54) is 37.7 Å². The molecule has 2 aliphatic rings. The summed E-state index contributed by atoms with van der Waals surface area (Å²) in [5.41, 5.74) is 1.29. The van der Waals surface area contributed by atoms with E-state index in [4.69, 9.17) is 0 Å². The maximum atomic E-state index is 12.9. The van der Waals surface area contributed by atoms with Crippen LogP contribution in [-0.4, -0.2) is 12.6 Å². The van der Waals surface area contributed by atoms with E-state index in [1.54, 1.807) is 12.1 Å². The first-order valence-corrected chi connectivity index (χ1v) is 7.45. The van der Waals surface area contributed by atoms with Crippen LogP contribution in [0.15, 0.2) is 36.4 Å². The summed E-state index contributed by atoms with van der Waals surface area (Å²) in [6.07, 6.45) is 10.8. The predicted octanol–water partition coefficient (Wildman–Crippen LogP) is 4.02. The van der Waals surface area contributed by atoms with Crippen LogP contribution in [0, 0.1) is 11.7 Å². The number of allylic oxidation sites excluding steroid dienone is 2. The highest BCUT2D eigenvalue weighted by molar-refractivity contribution is 5.23. The van der Waals surface area contributed by atoms with Gasteiger partial charge < -0.3 is 5.32 Å². The summed E-state index contributed by atoms with van der Waals surface area (Å²) in [6.45, 7) is 1.16. The van der Waals surface area contributed by atoms with Gasteiger partial charge in [0.25, 0.3) is 0 Å². The monoisotopic (exact) mass is 259 g/mol. The van der Waals surface area contributed by atoms with Crippen LogP contribution < -0.4 is 5.32 Å². The van der Waals surface area contributed by atoms with Crippen LogP contribution in [-0.2, 0) is 0 Å². The van der Waals surface area contributed by atoms with Crippen LogP contribution in [0.1, 0.15) is 43.6 Å². The molecule has 0 amide bonds. The summed E-state index contributed by atoms with van der Waals surface area (Å²) in [5, 5.41) is 3.69. The summed E-state index contributed by atoms with van der Waals surface area (Å²) in [7, 11) is 0. The van der Waals surface area contributed by atoms with E-state index >= 15 is 0 Å². The third kappa shape index (κ3) is 3.24. The first-order chi connectivity index (χ1) is 9.31. The van der Waals surface area contributed by atoms with Crippen molar-refractivity contribution in [1.29, 1.82) is 0 Å². The Hall–Kier alpha value is -1.15. The highest BCUT2D eigenvalue weighted by Crippen LogP contribution is 2.37. The van der Waals surface area contributed by atoms with Gasteiger partial charge in [0.15, 0.2) is 0 Å². The minimum Gasteiger partial charge on any atom is -0.314 e. The average Bonchev–Trinajstić information content (AvgIpc) is 2.40. The normalized spacial score (nSPS) is 30.1. The van der Waals surface area contributed by atoms with Crippen LogP contribution in [0.4, 0.5) is 4.39 Å². The number of nitrogens with one attached hydrogen (secondary N) is 1. The lowest BCUT2D eigenvalue weighted by Crippen LogP contribution is -2.42. The lowest BCUT2D eigenvalue weighted by molar-refractivity contribution is 0.271. The van der Waals surface area contributed by atoms with Gasteiger partial charge in [-0.25, -0.2) is 4.39 Å². The van der Waals surface area contributed by atoms with Crippen molar-refractivity contribution < 1.29 is 4.39 Å². The van der Waals surface area contributed by atoms with Gasteiger partial charge in [-0.15, -0.1) is 0 Å². The number of benzene rings is 1. The number of halogens is 1. The molecule has 2 heteroatoms. The Balaban J connectivity index is 1.40. The second-order valence-electron chi connectivity index (χ2n) is 5.98. The van der Waals surface area contributed by atoms with Gasteiger partial charge in [-0.2, -0.15) is 0 Å².